The molecule has 1 saturated heterocycles. The number of nitrogens with zero attached hydrogens (tertiary/aromatic N) is 3. The molecule has 2 heterocycles. The van der Waals surface area contributed by atoms with Crippen molar-refractivity contribution >= 4 is 46.3 Å². The Morgan fingerprint density at radius 2 is 1.90 bits per heavy atom. The molecule has 1 aliphatic heterocycles. The molecule has 2 aromatic carbocycles. The first-order valence-corrected chi connectivity index (χ1v) is 11.2. The summed E-state index contributed by atoms with van der Waals surface area (Å²) in [7, 11) is 0. The second kappa shape index (κ2) is 9.45. The van der Waals surface area contributed by atoms with Gasteiger partial charge in [0.25, 0.3) is 5.91 Å². The molecule has 7 nitrogen and oxygen atoms in total. The third-order valence-electron chi connectivity index (χ3n) is 5.15. The second-order valence-corrected chi connectivity index (χ2v) is 8.86. The lowest BCUT2D eigenvalue weighted by Crippen LogP contribution is -2.41. The molecule has 2 N–H and O–H groups in total. The Bertz CT molecular complexity index is 1090. The zero-order chi connectivity index (χ0) is 21.8. The summed E-state index contributed by atoms with van der Waals surface area (Å²) in [6.45, 7) is 3.11. The van der Waals surface area contributed by atoms with E-state index in [0.717, 1.165) is 23.4 Å². The molecule has 0 unspecified atom stereocenters. The van der Waals surface area contributed by atoms with Gasteiger partial charge in [-0.25, -0.2) is 4.79 Å². The fourth-order valence-corrected chi connectivity index (χ4v) is 4.48. The molecule has 1 aromatic heterocycles. The molecular weight excluding hydrogens is 434 g/mol. The van der Waals surface area contributed by atoms with Gasteiger partial charge in [0.1, 0.15) is 5.01 Å². The van der Waals surface area contributed by atoms with Crippen molar-refractivity contribution in [3.8, 4) is 0 Å². The van der Waals surface area contributed by atoms with E-state index in [1.165, 1.54) is 11.3 Å². The number of aryl methyl sites for hydroxylation is 1. The number of anilines is 2. The summed E-state index contributed by atoms with van der Waals surface area (Å²) in [5.41, 5.74) is 2.33. The standard InChI is InChI=1S/C22H22ClN5O2S/c1-14-9-10-17(12-18(14)23)25-22(30)28-11-5-6-15(13-28)20-26-27-21(31-20)19(29)24-16-7-3-2-4-8-16/h2-4,7-10,12,15H,5-6,11,13H2,1H3,(H,24,29)(H,25,30)/t15-/m0/s1. The van der Waals surface area contributed by atoms with Crippen molar-refractivity contribution in [1.29, 1.82) is 0 Å². The first-order valence-electron chi connectivity index (χ1n) is 10.0. The van der Waals surface area contributed by atoms with Crippen LogP contribution in [0.15, 0.2) is 48.5 Å². The molecule has 160 valence electrons. The number of halogens is 1. The van der Waals surface area contributed by atoms with Gasteiger partial charge >= 0.3 is 6.03 Å². The van der Waals surface area contributed by atoms with Crippen LogP contribution in [0.4, 0.5) is 16.2 Å². The molecule has 9 heteroatoms. The van der Waals surface area contributed by atoms with Crippen LogP contribution in [0, 0.1) is 6.92 Å². The molecule has 0 spiro atoms. The average molecular weight is 456 g/mol. The van der Waals surface area contributed by atoms with Crippen molar-refractivity contribution in [2.45, 2.75) is 25.7 Å². The Labute approximate surface area is 189 Å². The fourth-order valence-electron chi connectivity index (χ4n) is 3.43. The van der Waals surface area contributed by atoms with Crippen molar-refractivity contribution in [1.82, 2.24) is 15.1 Å². The van der Waals surface area contributed by atoms with Crippen molar-refractivity contribution in [2.24, 2.45) is 0 Å². The van der Waals surface area contributed by atoms with E-state index < -0.39 is 0 Å². The maximum Gasteiger partial charge on any atom is 0.321 e. The highest BCUT2D eigenvalue weighted by molar-refractivity contribution is 7.13. The number of carbonyl (C=O) groups excluding carboxylic acids is 2. The maximum absolute atomic E-state index is 12.7. The lowest BCUT2D eigenvalue weighted by Gasteiger charge is -2.31. The molecule has 1 aliphatic rings. The predicted octanol–water partition coefficient (Wildman–Crippen LogP) is 5.16. The first kappa shape index (κ1) is 21.3. The summed E-state index contributed by atoms with van der Waals surface area (Å²) >= 11 is 7.43. The third-order valence-corrected chi connectivity index (χ3v) is 6.64. The summed E-state index contributed by atoms with van der Waals surface area (Å²) < 4.78 is 0. The number of aromatic nitrogens is 2. The van der Waals surface area contributed by atoms with Crippen LogP contribution in [0.1, 0.15) is 39.1 Å². The van der Waals surface area contributed by atoms with Crippen LogP contribution in [0.2, 0.25) is 5.02 Å². The summed E-state index contributed by atoms with van der Waals surface area (Å²) in [6.07, 6.45) is 1.76. The number of rotatable bonds is 4. The van der Waals surface area contributed by atoms with Gasteiger partial charge in [-0.3, -0.25) is 4.79 Å². The van der Waals surface area contributed by atoms with Crippen molar-refractivity contribution < 1.29 is 9.59 Å². The monoisotopic (exact) mass is 455 g/mol. The molecule has 3 amide bonds. The van der Waals surface area contributed by atoms with Crippen LogP contribution < -0.4 is 10.6 Å². The number of nitrogens with one attached hydrogen (secondary N) is 2. The number of hydrogen-bond donors (Lipinski definition) is 2. The van der Waals surface area contributed by atoms with Crippen molar-refractivity contribution in [2.75, 3.05) is 23.7 Å². The molecule has 4 rings (SSSR count). The number of urea groups is 1. The highest BCUT2D eigenvalue weighted by atomic mass is 35.5. The van der Waals surface area contributed by atoms with Crippen molar-refractivity contribution in [3.05, 3.63) is 69.1 Å². The summed E-state index contributed by atoms with van der Waals surface area (Å²) in [5.74, 6) is -0.228. The van der Waals surface area contributed by atoms with Crippen LogP contribution in [0.25, 0.3) is 0 Å². The van der Waals surface area contributed by atoms with Crippen LogP contribution in [-0.2, 0) is 0 Å². The Balaban J connectivity index is 1.38. The molecule has 1 fully saturated rings. The quantitative estimate of drug-likeness (QED) is 0.568. The zero-order valence-electron chi connectivity index (χ0n) is 17.0. The van der Waals surface area contributed by atoms with E-state index in [1.807, 2.05) is 49.4 Å². The third kappa shape index (κ3) is 5.21. The summed E-state index contributed by atoms with van der Waals surface area (Å²) in [5, 5.41) is 15.7. The summed E-state index contributed by atoms with van der Waals surface area (Å²) in [4.78, 5) is 27.0. The van der Waals surface area contributed by atoms with Crippen LogP contribution in [0.3, 0.4) is 0 Å². The van der Waals surface area contributed by atoms with Gasteiger partial charge in [-0.1, -0.05) is 47.2 Å². The van der Waals surface area contributed by atoms with E-state index in [0.29, 0.717) is 34.5 Å². The van der Waals surface area contributed by atoms with Gasteiger partial charge in [0.2, 0.25) is 5.01 Å². The number of benzene rings is 2. The topological polar surface area (TPSA) is 87.2 Å². The fraction of sp³-hybridized carbons (Fsp3) is 0.273. The van der Waals surface area contributed by atoms with E-state index in [2.05, 4.69) is 20.8 Å². The van der Waals surface area contributed by atoms with Gasteiger partial charge in [0.05, 0.1) is 0 Å². The highest BCUT2D eigenvalue weighted by Gasteiger charge is 2.28. The Kier molecular flexibility index (Phi) is 6.48. The van der Waals surface area contributed by atoms with Crippen LogP contribution in [-0.4, -0.2) is 40.1 Å². The second-order valence-electron chi connectivity index (χ2n) is 7.44. The lowest BCUT2D eigenvalue weighted by molar-refractivity contribution is 0.102. The molecule has 31 heavy (non-hydrogen) atoms. The Morgan fingerprint density at radius 3 is 2.68 bits per heavy atom. The number of piperidine rings is 1. The van der Waals surface area contributed by atoms with Gasteiger partial charge in [0.15, 0.2) is 0 Å². The van der Waals surface area contributed by atoms with Gasteiger partial charge in [-0.2, -0.15) is 0 Å². The summed E-state index contributed by atoms with van der Waals surface area (Å²) in [6, 6.07) is 14.5. The molecule has 0 aliphatic carbocycles. The maximum atomic E-state index is 12.7. The first-order chi connectivity index (χ1) is 15.0. The molecular formula is C22H22ClN5O2S. The van der Waals surface area contributed by atoms with Crippen molar-refractivity contribution in [3.63, 3.8) is 0 Å². The van der Waals surface area contributed by atoms with Crippen LogP contribution >= 0.6 is 22.9 Å². The number of amides is 3. The van der Waals surface area contributed by atoms with Crippen LogP contribution in [0.5, 0.6) is 0 Å². The highest BCUT2D eigenvalue weighted by Crippen LogP contribution is 2.30. The van der Waals surface area contributed by atoms with E-state index >= 15 is 0 Å². The largest absolute Gasteiger partial charge is 0.324 e. The van der Waals surface area contributed by atoms with Gasteiger partial charge in [-0.05, 0) is 49.6 Å². The van der Waals surface area contributed by atoms with E-state index in [1.54, 1.807) is 11.0 Å². The average Bonchev–Trinajstić information content (AvgIpc) is 3.28. The van der Waals surface area contributed by atoms with Gasteiger partial charge < -0.3 is 15.5 Å². The zero-order valence-corrected chi connectivity index (χ0v) is 18.5. The predicted molar refractivity (Wildman–Crippen MR) is 123 cm³/mol. The van der Waals surface area contributed by atoms with Gasteiger partial charge in [0, 0.05) is 35.4 Å². The number of hydrogen-bond acceptors (Lipinski definition) is 5. The Hall–Kier alpha value is -2.97. The molecule has 0 radical (unpaired) electrons. The molecule has 3 aromatic rings. The smallest absolute Gasteiger partial charge is 0.321 e. The minimum atomic E-state index is -0.281. The SMILES string of the molecule is Cc1ccc(NC(=O)N2CCC[C@H](c3nnc(C(=O)Nc4ccccc4)s3)C2)cc1Cl. The molecule has 0 bridgehead atoms. The normalized spacial score (nSPS) is 16.1. The molecule has 0 saturated carbocycles. The lowest BCUT2D eigenvalue weighted by atomic mass is 9.99. The minimum absolute atomic E-state index is 0.0527. The van der Waals surface area contributed by atoms with Gasteiger partial charge in [-0.15, -0.1) is 10.2 Å². The number of likely N-dealkylation sites (tertiary alicyclic amines) is 1. The number of para-hydroxylation sites is 1. The van der Waals surface area contributed by atoms with E-state index in [9.17, 15) is 9.59 Å². The Morgan fingerprint density at radius 1 is 1.10 bits per heavy atom. The van der Waals surface area contributed by atoms with E-state index in [4.69, 9.17) is 11.6 Å². The number of carbonyl (C=O) groups is 2. The molecule has 1 atom stereocenters. The minimum Gasteiger partial charge on any atom is -0.324 e. The van der Waals surface area contributed by atoms with E-state index in [-0.39, 0.29) is 17.9 Å².